The standard InChI is InChI=1S/C17H15NO3/c1-11-6-5-7-13(10-11)12(2)21-18-16(19)14-8-3-4-9-15(14)17(18)20/h3-10,12H,1-2H3. The molecule has 0 bridgehead atoms. The lowest BCUT2D eigenvalue weighted by Gasteiger charge is -2.19. The molecule has 106 valence electrons. The molecule has 3 rings (SSSR count). The molecule has 0 saturated carbocycles. The number of hydrogen-bond donors (Lipinski definition) is 0. The van der Waals surface area contributed by atoms with Crippen LogP contribution >= 0.6 is 0 Å². The maximum atomic E-state index is 12.2. The van der Waals surface area contributed by atoms with Crippen LogP contribution in [0, 0.1) is 6.92 Å². The summed E-state index contributed by atoms with van der Waals surface area (Å²) in [5.41, 5.74) is 2.80. The van der Waals surface area contributed by atoms with Gasteiger partial charge < -0.3 is 0 Å². The maximum Gasteiger partial charge on any atom is 0.285 e. The van der Waals surface area contributed by atoms with Gasteiger partial charge in [0.15, 0.2) is 0 Å². The molecule has 1 aliphatic rings. The van der Waals surface area contributed by atoms with Crippen molar-refractivity contribution in [2.45, 2.75) is 20.0 Å². The van der Waals surface area contributed by atoms with E-state index >= 15 is 0 Å². The van der Waals surface area contributed by atoms with Crippen LogP contribution in [0.3, 0.4) is 0 Å². The van der Waals surface area contributed by atoms with E-state index in [9.17, 15) is 9.59 Å². The van der Waals surface area contributed by atoms with Crippen molar-refractivity contribution in [1.82, 2.24) is 5.06 Å². The van der Waals surface area contributed by atoms with Gasteiger partial charge in [-0.3, -0.25) is 14.4 Å². The Bertz CT molecular complexity index is 688. The fourth-order valence-corrected chi connectivity index (χ4v) is 2.40. The van der Waals surface area contributed by atoms with Gasteiger partial charge in [-0.05, 0) is 31.5 Å². The van der Waals surface area contributed by atoms with E-state index < -0.39 is 11.8 Å². The Morgan fingerprint density at radius 1 is 0.952 bits per heavy atom. The Balaban J connectivity index is 1.84. The van der Waals surface area contributed by atoms with Crippen LogP contribution in [-0.4, -0.2) is 16.9 Å². The van der Waals surface area contributed by atoms with E-state index in [2.05, 4.69) is 0 Å². The zero-order chi connectivity index (χ0) is 15.0. The second-order valence-electron chi connectivity index (χ2n) is 5.11. The Hall–Kier alpha value is -2.46. The minimum Gasteiger partial charge on any atom is -0.266 e. The summed E-state index contributed by atoms with van der Waals surface area (Å²) in [5.74, 6) is -0.815. The SMILES string of the molecule is Cc1cccc(C(C)ON2C(=O)c3ccccc3C2=O)c1. The third-order valence-electron chi connectivity index (χ3n) is 3.53. The molecule has 1 heterocycles. The van der Waals surface area contributed by atoms with Crippen LogP contribution in [0.4, 0.5) is 0 Å². The predicted molar refractivity (Wildman–Crippen MR) is 77.6 cm³/mol. The lowest BCUT2D eigenvalue weighted by Crippen LogP contribution is -2.31. The number of nitrogens with zero attached hydrogens (tertiary/aromatic N) is 1. The van der Waals surface area contributed by atoms with Gasteiger partial charge in [-0.2, -0.15) is 0 Å². The summed E-state index contributed by atoms with van der Waals surface area (Å²) in [6, 6.07) is 14.5. The van der Waals surface area contributed by atoms with Crippen LogP contribution in [0.1, 0.15) is 44.9 Å². The highest BCUT2D eigenvalue weighted by Crippen LogP contribution is 2.27. The molecular formula is C17H15NO3. The summed E-state index contributed by atoms with van der Waals surface area (Å²) in [6.45, 7) is 3.80. The highest BCUT2D eigenvalue weighted by molar-refractivity contribution is 6.20. The Kier molecular flexibility index (Phi) is 3.31. The summed E-state index contributed by atoms with van der Waals surface area (Å²) < 4.78 is 0. The second kappa shape index (κ2) is 5.14. The fourth-order valence-electron chi connectivity index (χ4n) is 2.40. The Labute approximate surface area is 122 Å². The molecule has 4 heteroatoms. The number of amides is 2. The molecule has 0 aliphatic carbocycles. The van der Waals surface area contributed by atoms with E-state index in [1.54, 1.807) is 24.3 Å². The third-order valence-corrected chi connectivity index (χ3v) is 3.53. The van der Waals surface area contributed by atoms with E-state index in [-0.39, 0.29) is 6.10 Å². The molecule has 21 heavy (non-hydrogen) atoms. The van der Waals surface area contributed by atoms with Crippen LogP contribution < -0.4 is 0 Å². The number of imide groups is 1. The summed E-state index contributed by atoms with van der Waals surface area (Å²) in [6.07, 6.45) is -0.382. The third kappa shape index (κ3) is 2.34. The zero-order valence-electron chi connectivity index (χ0n) is 11.9. The molecule has 1 unspecified atom stereocenters. The highest BCUT2D eigenvalue weighted by atomic mass is 16.7. The van der Waals surface area contributed by atoms with Crippen molar-refractivity contribution in [2.75, 3.05) is 0 Å². The fraction of sp³-hybridized carbons (Fsp3) is 0.176. The molecule has 0 radical (unpaired) electrons. The van der Waals surface area contributed by atoms with E-state index in [0.717, 1.165) is 16.2 Å². The quantitative estimate of drug-likeness (QED) is 0.811. The molecule has 0 fully saturated rings. The van der Waals surface area contributed by atoms with Gasteiger partial charge in [-0.15, -0.1) is 5.06 Å². The summed E-state index contributed by atoms with van der Waals surface area (Å²) >= 11 is 0. The predicted octanol–water partition coefficient (Wildman–Crippen LogP) is 3.28. The highest BCUT2D eigenvalue weighted by Gasteiger charge is 2.37. The van der Waals surface area contributed by atoms with Crippen molar-refractivity contribution in [3.63, 3.8) is 0 Å². The monoisotopic (exact) mass is 281 g/mol. The number of fused-ring (bicyclic) bond motifs is 1. The van der Waals surface area contributed by atoms with Gasteiger partial charge in [-0.25, -0.2) is 0 Å². The first-order chi connectivity index (χ1) is 10.1. The van der Waals surface area contributed by atoms with Crippen molar-refractivity contribution in [2.24, 2.45) is 0 Å². The topological polar surface area (TPSA) is 46.6 Å². The van der Waals surface area contributed by atoms with Gasteiger partial charge in [0.05, 0.1) is 11.1 Å². The van der Waals surface area contributed by atoms with Crippen molar-refractivity contribution in [3.05, 3.63) is 70.8 Å². The number of rotatable bonds is 3. The first kappa shape index (κ1) is 13.5. The lowest BCUT2D eigenvalue weighted by molar-refractivity contribution is -0.128. The smallest absolute Gasteiger partial charge is 0.266 e. The maximum absolute atomic E-state index is 12.2. The van der Waals surface area contributed by atoms with Crippen LogP contribution in [0.5, 0.6) is 0 Å². The van der Waals surface area contributed by atoms with Crippen LogP contribution in [-0.2, 0) is 4.84 Å². The van der Waals surface area contributed by atoms with Crippen molar-refractivity contribution >= 4 is 11.8 Å². The Morgan fingerprint density at radius 3 is 2.14 bits per heavy atom. The summed E-state index contributed by atoms with van der Waals surface area (Å²) in [4.78, 5) is 30.0. The van der Waals surface area contributed by atoms with Gasteiger partial charge in [0.25, 0.3) is 11.8 Å². The van der Waals surface area contributed by atoms with E-state index in [4.69, 9.17) is 4.84 Å². The first-order valence-electron chi connectivity index (χ1n) is 6.79. The number of benzene rings is 2. The molecule has 1 atom stereocenters. The molecule has 4 nitrogen and oxygen atoms in total. The number of aryl methyl sites for hydroxylation is 1. The second-order valence-corrected chi connectivity index (χ2v) is 5.11. The summed E-state index contributed by atoms with van der Waals surface area (Å²) in [5, 5.41) is 0.859. The molecule has 0 saturated heterocycles. The van der Waals surface area contributed by atoms with E-state index in [1.807, 2.05) is 38.1 Å². The van der Waals surface area contributed by atoms with Gasteiger partial charge in [0, 0.05) is 0 Å². The van der Waals surface area contributed by atoms with E-state index in [0.29, 0.717) is 11.1 Å². The Morgan fingerprint density at radius 2 is 1.57 bits per heavy atom. The normalized spacial score (nSPS) is 15.2. The molecule has 0 aromatic heterocycles. The van der Waals surface area contributed by atoms with Crippen molar-refractivity contribution in [1.29, 1.82) is 0 Å². The molecular weight excluding hydrogens is 266 g/mol. The first-order valence-corrected chi connectivity index (χ1v) is 6.79. The average Bonchev–Trinajstić information content (AvgIpc) is 2.73. The van der Waals surface area contributed by atoms with Crippen molar-refractivity contribution in [3.8, 4) is 0 Å². The minimum atomic E-state index is -0.407. The van der Waals surface area contributed by atoms with Gasteiger partial charge in [0.2, 0.25) is 0 Å². The molecule has 2 amide bonds. The number of hydrogen-bond acceptors (Lipinski definition) is 3. The van der Waals surface area contributed by atoms with Gasteiger partial charge in [-0.1, -0.05) is 42.0 Å². The van der Waals surface area contributed by atoms with Gasteiger partial charge in [0.1, 0.15) is 6.10 Å². The van der Waals surface area contributed by atoms with Gasteiger partial charge >= 0.3 is 0 Å². The van der Waals surface area contributed by atoms with Crippen LogP contribution in [0.25, 0.3) is 0 Å². The van der Waals surface area contributed by atoms with Crippen LogP contribution in [0.15, 0.2) is 48.5 Å². The number of carbonyl (C=O) groups excluding carboxylic acids is 2. The largest absolute Gasteiger partial charge is 0.285 e. The molecule has 1 aliphatic heterocycles. The molecule has 2 aromatic carbocycles. The average molecular weight is 281 g/mol. The molecule has 0 N–H and O–H groups in total. The van der Waals surface area contributed by atoms with E-state index in [1.165, 1.54) is 0 Å². The molecule has 2 aromatic rings. The molecule has 0 spiro atoms. The summed E-state index contributed by atoms with van der Waals surface area (Å²) in [7, 11) is 0. The zero-order valence-corrected chi connectivity index (χ0v) is 11.9. The lowest BCUT2D eigenvalue weighted by atomic mass is 10.1. The van der Waals surface area contributed by atoms with Crippen LogP contribution in [0.2, 0.25) is 0 Å². The van der Waals surface area contributed by atoms with Crippen molar-refractivity contribution < 1.29 is 14.4 Å². The minimum absolute atomic E-state index is 0.382. The number of hydroxylamine groups is 2. The number of carbonyl (C=O) groups is 2.